The molecule has 1 heterocycles. The van der Waals surface area contributed by atoms with E-state index in [1.807, 2.05) is 0 Å². The molecule has 0 aliphatic heterocycles. The summed E-state index contributed by atoms with van der Waals surface area (Å²) in [5.41, 5.74) is 0.499. The minimum absolute atomic E-state index is 0.375. The zero-order chi connectivity index (χ0) is 11.7. The second kappa shape index (κ2) is 4.84. The van der Waals surface area contributed by atoms with Crippen LogP contribution in [0, 0.1) is 5.82 Å². The van der Waals surface area contributed by atoms with Crippen LogP contribution in [0.1, 0.15) is 16.5 Å². The Hall–Kier alpha value is -0.420. The van der Waals surface area contributed by atoms with E-state index >= 15 is 0 Å². The molecule has 0 aliphatic carbocycles. The maximum atomic E-state index is 13.1. The molecule has 0 radical (unpaired) electrons. The van der Waals surface area contributed by atoms with Crippen LogP contribution in [0.3, 0.4) is 0 Å². The third kappa shape index (κ3) is 2.46. The SMILES string of the molecule is OC(c1ccc(Cl)s1)c1cc(F)ccc1Br. The first kappa shape index (κ1) is 12.0. The topological polar surface area (TPSA) is 20.2 Å². The van der Waals surface area contributed by atoms with Crippen molar-refractivity contribution in [1.82, 2.24) is 0 Å². The number of benzene rings is 1. The molecule has 0 bridgehead atoms. The Morgan fingerprint density at radius 1 is 1.31 bits per heavy atom. The Bertz CT molecular complexity index is 514. The number of thiophene rings is 1. The van der Waals surface area contributed by atoms with E-state index in [9.17, 15) is 9.50 Å². The fourth-order valence-electron chi connectivity index (χ4n) is 1.35. The molecule has 1 aromatic heterocycles. The lowest BCUT2D eigenvalue weighted by Crippen LogP contribution is -1.98. The number of aliphatic hydroxyl groups excluding tert-OH is 1. The van der Waals surface area contributed by atoms with Crippen LogP contribution in [0.5, 0.6) is 0 Å². The van der Waals surface area contributed by atoms with E-state index in [0.717, 1.165) is 0 Å². The lowest BCUT2D eigenvalue weighted by Gasteiger charge is -2.10. The van der Waals surface area contributed by atoms with Crippen molar-refractivity contribution in [3.8, 4) is 0 Å². The van der Waals surface area contributed by atoms with Gasteiger partial charge in [-0.3, -0.25) is 0 Å². The molecule has 0 saturated carbocycles. The van der Waals surface area contributed by atoms with E-state index in [1.54, 1.807) is 18.2 Å². The van der Waals surface area contributed by atoms with Gasteiger partial charge in [-0.15, -0.1) is 11.3 Å². The number of hydrogen-bond donors (Lipinski definition) is 1. The number of aliphatic hydroxyl groups is 1. The fraction of sp³-hybridized carbons (Fsp3) is 0.0909. The highest BCUT2D eigenvalue weighted by Gasteiger charge is 2.16. The molecule has 1 atom stereocenters. The summed E-state index contributed by atoms with van der Waals surface area (Å²) in [6.07, 6.45) is -0.859. The summed E-state index contributed by atoms with van der Waals surface area (Å²) < 4.78 is 14.3. The largest absolute Gasteiger partial charge is 0.383 e. The van der Waals surface area contributed by atoms with Gasteiger partial charge in [0.25, 0.3) is 0 Å². The van der Waals surface area contributed by atoms with Gasteiger partial charge in [-0.2, -0.15) is 0 Å². The lowest BCUT2D eigenvalue weighted by atomic mass is 10.1. The van der Waals surface area contributed by atoms with Crippen molar-refractivity contribution in [1.29, 1.82) is 0 Å². The van der Waals surface area contributed by atoms with Gasteiger partial charge in [0.15, 0.2) is 0 Å². The van der Waals surface area contributed by atoms with Crippen molar-refractivity contribution in [2.45, 2.75) is 6.10 Å². The summed E-state index contributed by atoms with van der Waals surface area (Å²) in [5.74, 6) is -0.375. The highest BCUT2D eigenvalue weighted by Crippen LogP contribution is 2.34. The predicted octanol–water partition coefficient (Wildman–Crippen LogP) is 4.38. The van der Waals surface area contributed by atoms with Crippen LogP contribution in [-0.4, -0.2) is 5.11 Å². The monoisotopic (exact) mass is 320 g/mol. The highest BCUT2D eigenvalue weighted by atomic mass is 79.9. The summed E-state index contributed by atoms with van der Waals surface area (Å²) in [6, 6.07) is 7.65. The molecule has 1 aromatic carbocycles. The van der Waals surface area contributed by atoms with Crippen molar-refractivity contribution in [3.05, 3.63) is 55.4 Å². The maximum Gasteiger partial charge on any atom is 0.123 e. The zero-order valence-electron chi connectivity index (χ0n) is 7.95. The number of hydrogen-bond acceptors (Lipinski definition) is 2. The quantitative estimate of drug-likeness (QED) is 0.870. The van der Waals surface area contributed by atoms with Gasteiger partial charge in [0, 0.05) is 14.9 Å². The van der Waals surface area contributed by atoms with Crippen molar-refractivity contribution in [2.24, 2.45) is 0 Å². The van der Waals surface area contributed by atoms with Gasteiger partial charge in [0.2, 0.25) is 0 Å². The molecule has 5 heteroatoms. The Balaban J connectivity index is 2.40. The van der Waals surface area contributed by atoms with Crippen molar-refractivity contribution >= 4 is 38.9 Å². The standard InChI is InChI=1S/C11H7BrClFOS/c12-8-2-1-6(14)5-7(8)11(15)9-3-4-10(13)16-9/h1-5,11,15H. The molecule has 1 unspecified atom stereocenters. The normalized spacial score (nSPS) is 12.8. The van der Waals surface area contributed by atoms with Gasteiger partial charge in [-0.05, 0) is 30.3 Å². The van der Waals surface area contributed by atoms with Gasteiger partial charge in [-0.1, -0.05) is 27.5 Å². The van der Waals surface area contributed by atoms with Crippen LogP contribution in [0.4, 0.5) is 4.39 Å². The average Bonchev–Trinajstić information content (AvgIpc) is 2.67. The van der Waals surface area contributed by atoms with E-state index in [-0.39, 0.29) is 5.82 Å². The maximum absolute atomic E-state index is 13.1. The molecule has 84 valence electrons. The third-order valence-corrected chi connectivity index (χ3v) is 4.12. The molecule has 1 N–H and O–H groups in total. The van der Waals surface area contributed by atoms with E-state index in [2.05, 4.69) is 15.9 Å². The van der Waals surface area contributed by atoms with E-state index in [0.29, 0.717) is 19.2 Å². The number of halogens is 3. The Morgan fingerprint density at radius 3 is 2.69 bits per heavy atom. The molecule has 2 aromatic rings. The summed E-state index contributed by atoms with van der Waals surface area (Å²) in [4.78, 5) is 0.691. The molecule has 2 rings (SSSR count). The van der Waals surface area contributed by atoms with Gasteiger partial charge in [-0.25, -0.2) is 4.39 Å². The molecule has 1 nitrogen and oxygen atoms in total. The van der Waals surface area contributed by atoms with Gasteiger partial charge in [0.1, 0.15) is 11.9 Å². The molecule has 16 heavy (non-hydrogen) atoms. The first-order valence-electron chi connectivity index (χ1n) is 4.46. The fourth-order valence-corrected chi connectivity index (χ4v) is 2.88. The third-order valence-electron chi connectivity index (χ3n) is 2.12. The summed E-state index contributed by atoms with van der Waals surface area (Å²) in [6.45, 7) is 0. The minimum Gasteiger partial charge on any atom is -0.383 e. The van der Waals surface area contributed by atoms with Gasteiger partial charge >= 0.3 is 0 Å². The van der Waals surface area contributed by atoms with E-state index < -0.39 is 6.10 Å². The zero-order valence-corrected chi connectivity index (χ0v) is 11.1. The van der Waals surface area contributed by atoms with Gasteiger partial charge in [0.05, 0.1) is 4.34 Å². The van der Waals surface area contributed by atoms with E-state index in [4.69, 9.17) is 11.6 Å². The van der Waals surface area contributed by atoms with E-state index in [1.165, 1.54) is 23.5 Å². The Morgan fingerprint density at radius 2 is 2.06 bits per heavy atom. The first-order chi connectivity index (χ1) is 7.58. The van der Waals surface area contributed by atoms with Crippen molar-refractivity contribution in [2.75, 3.05) is 0 Å². The molecule has 0 spiro atoms. The highest BCUT2D eigenvalue weighted by molar-refractivity contribution is 9.10. The van der Waals surface area contributed by atoms with Crippen molar-refractivity contribution in [3.63, 3.8) is 0 Å². The lowest BCUT2D eigenvalue weighted by molar-refractivity contribution is 0.223. The van der Waals surface area contributed by atoms with Crippen molar-refractivity contribution < 1.29 is 9.50 Å². The molecule has 0 amide bonds. The first-order valence-corrected chi connectivity index (χ1v) is 6.45. The molecular formula is C11H7BrClFOS. The Labute approximate surface area is 110 Å². The van der Waals surface area contributed by atoms with Crippen LogP contribution in [0.25, 0.3) is 0 Å². The second-order valence-electron chi connectivity index (χ2n) is 3.21. The molecule has 0 aliphatic rings. The van der Waals surface area contributed by atoms with Crippen LogP contribution in [0.15, 0.2) is 34.8 Å². The second-order valence-corrected chi connectivity index (χ2v) is 5.81. The predicted molar refractivity (Wildman–Crippen MR) is 67.5 cm³/mol. The summed E-state index contributed by atoms with van der Waals surface area (Å²) in [7, 11) is 0. The molecule has 0 saturated heterocycles. The molecule has 0 fully saturated rings. The summed E-state index contributed by atoms with van der Waals surface area (Å²) in [5, 5.41) is 10.1. The van der Waals surface area contributed by atoms with Gasteiger partial charge < -0.3 is 5.11 Å². The van der Waals surface area contributed by atoms with Crippen LogP contribution < -0.4 is 0 Å². The summed E-state index contributed by atoms with van der Waals surface area (Å²) >= 11 is 10.3. The van der Waals surface area contributed by atoms with Crippen LogP contribution in [0.2, 0.25) is 4.34 Å². The Kier molecular flexibility index (Phi) is 3.64. The van der Waals surface area contributed by atoms with Crippen LogP contribution >= 0.6 is 38.9 Å². The average molecular weight is 322 g/mol. The minimum atomic E-state index is -0.859. The number of rotatable bonds is 2. The van der Waals surface area contributed by atoms with Crippen LogP contribution in [-0.2, 0) is 0 Å². The molecular weight excluding hydrogens is 315 g/mol. The smallest absolute Gasteiger partial charge is 0.123 e.